The van der Waals surface area contributed by atoms with E-state index in [1.807, 2.05) is 42.5 Å². The van der Waals surface area contributed by atoms with Crippen LogP contribution in [-0.2, 0) is 16.1 Å². The van der Waals surface area contributed by atoms with Crippen LogP contribution in [0.1, 0.15) is 5.56 Å². The second-order valence-corrected chi connectivity index (χ2v) is 9.27. The highest BCUT2D eigenvalue weighted by Gasteiger charge is 2.57. The smallest absolute Gasteiger partial charge is 0.388 e. The number of thioether (sulfide) groups is 1. The Morgan fingerprint density at radius 1 is 1.03 bits per heavy atom. The Morgan fingerprint density at radius 2 is 1.67 bits per heavy atom. The number of aliphatic imine (C=N–C) groups is 1. The molecule has 0 bridgehead atoms. The summed E-state index contributed by atoms with van der Waals surface area (Å²) < 4.78 is 52.5. The molecule has 2 aliphatic rings. The van der Waals surface area contributed by atoms with Crippen LogP contribution in [0.5, 0.6) is 0 Å². The molecule has 0 saturated carbocycles. The number of ether oxygens (including phenoxy) is 2. The molecule has 6 atom stereocenters. The van der Waals surface area contributed by atoms with Crippen molar-refractivity contribution in [2.45, 2.75) is 48.7 Å². The fourth-order valence-corrected chi connectivity index (χ4v) is 4.97. The molecular weight excluding hydrogens is 457 g/mol. The molecule has 10 heteroatoms. The maximum atomic E-state index is 13.9. The van der Waals surface area contributed by atoms with Crippen molar-refractivity contribution in [3.8, 4) is 11.1 Å². The second kappa shape index (κ2) is 9.63. The summed E-state index contributed by atoms with van der Waals surface area (Å²) in [6.07, 6.45) is -12.3. The van der Waals surface area contributed by atoms with Crippen LogP contribution in [0.3, 0.4) is 0 Å². The Balaban J connectivity index is 1.47. The van der Waals surface area contributed by atoms with Gasteiger partial charge < -0.3 is 24.6 Å². The zero-order valence-electron chi connectivity index (χ0n) is 18.0. The highest BCUT2D eigenvalue weighted by molar-refractivity contribution is 8.14. The average molecular weight is 483 g/mol. The highest BCUT2D eigenvalue weighted by Crippen LogP contribution is 2.41. The van der Waals surface area contributed by atoms with E-state index in [2.05, 4.69) is 4.99 Å². The molecule has 1 fully saturated rings. The fraction of sp³-hybridized carbons (Fsp3) is 0.435. The molecule has 2 heterocycles. The lowest BCUT2D eigenvalue weighted by Gasteiger charge is -2.41. The third kappa shape index (κ3) is 5.20. The Kier molecular flexibility index (Phi) is 7.01. The van der Waals surface area contributed by atoms with Gasteiger partial charge in [0.1, 0.15) is 29.8 Å². The molecule has 0 aliphatic carbocycles. The molecule has 178 valence electrons. The number of hydrogen-bond acceptors (Lipinski definition) is 7. The molecule has 0 spiro atoms. The molecule has 1 saturated heterocycles. The van der Waals surface area contributed by atoms with Crippen molar-refractivity contribution in [1.82, 2.24) is 4.90 Å². The molecule has 2 aromatic rings. The normalized spacial score (nSPS) is 28.2. The van der Waals surface area contributed by atoms with Crippen LogP contribution < -0.4 is 0 Å². The largest absolute Gasteiger partial charge is 0.417 e. The summed E-state index contributed by atoms with van der Waals surface area (Å²) >= 11 is 1.11. The zero-order valence-corrected chi connectivity index (χ0v) is 18.8. The van der Waals surface area contributed by atoms with E-state index in [0.717, 1.165) is 22.9 Å². The Bertz CT molecular complexity index is 972. The van der Waals surface area contributed by atoms with Gasteiger partial charge in [0.15, 0.2) is 11.3 Å². The summed E-state index contributed by atoms with van der Waals surface area (Å²) in [5, 5.41) is 21.4. The van der Waals surface area contributed by atoms with Gasteiger partial charge in [-0.25, -0.2) is 0 Å². The van der Waals surface area contributed by atoms with Gasteiger partial charge >= 0.3 is 6.18 Å². The van der Waals surface area contributed by atoms with Crippen molar-refractivity contribution in [3.63, 3.8) is 0 Å². The van der Waals surface area contributed by atoms with Gasteiger partial charge in [-0.05, 0) is 16.7 Å². The summed E-state index contributed by atoms with van der Waals surface area (Å²) in [5.74, 6) is 0. The second-order valence-electron chi connectivity index (χ2n) is 8.20. The summed E-state index contributed by atoms with van der Waals surface area (Å²) in [6.45, 7) is -0.331. The lowest BCUT2D eigenvalue weighted by Crippen LogP contribution is -2.61. The lowest BCUT2D eigenvalue weighted by atomic mass is 9.94. The van der Waals surface area contributed by atoms with Crippen LogP contribution >= 0.6 is 11.8 Å². The first kappa shape index (κ1) is 24.0. The predicted octanol–water partition coefficient (Wildman–Crippen LogP) is 3.28. The van der Waals surface area contributed by atoms with Gasteiger partial charge in [0.2, 0.25) is 0 Å². The first-order chi connectivity index (χ1) is 15.6. The number of aliphatic hydroxyl groups excluding tert-OH is 2. The minimum absolute atomic E-state index is 0.331. The quantitative estimate of drug-likeness (QED) is 0.682. The van der Waals surface area contributed by atoms with Crippen molar-refractivity contribution in [1.29, 1.82) is 0 Å². The molecular formula is C23H25F3N2O4S. The number of amidine groups is 1. The van der Waals surface area contributed by atoms with Crippen molar-refractivity contribution in [2.75, 3.05) is 14.1 Å². The van der Waals surface area contributed by atoms with E-state index in [0.29, 0.717) is 10.7 Å². The average Bonchev–Trinajstić information content (AvgIpc) is 3.22. The van der Waals surface area contributed by atoms with Crippen LogP contribution in [0.2, 0.25) is 0 Å². The lowest BCUT2D eigenvalue weighted by molar-refractivity contribution is -0.286. The van der Waals surface area contributed by atoms with Crippen molar-refractivity contribution in [3.05, 3.63) is 60.2 Å². The Hall–Kier alpha value is -2.11. The number of nitrogens with zero attached hydrogens (tertiary/aromatic N) is 2. The monoisotopic (exact) mass is 482 g/mol. The standard InChI is InChI=1S/C23H25F3N2O4S/c1-28(2)22-27-16-17(29)18(30)19(32-21(16)33-22)20(23(24,25)26)31-12-13-8-10-15(11-9-13)14-6-4-3-5-7-14/h3-11,16-21,29-30H,12H2,1-2H3/t16-,17-,18+,19?,20-,21-/m1/s1. The van der Waals surface area contributed by atoms with E-state index in [9.17, 15) is 23.4 Å². The van der Waals surface area contributed by atoms with E-state index < -0.39 is 42.1 Å². The van der Waals surface area contributed by atoms with Crippen LogP contribution in [0, 0.1) is 0 Å². The van der Waals surface area contributed by atoms with Crippen LogP contribution in [-0.4, -0.2) is 76.4 Å². The van der Waals surface area contributed by atoms with E-state index in [1.165, 1.54) is 0 Å². The maximum absolute atomic E-state index is 13.9. The van der Waals surface area contributed by atoms with Crippen molar-refractivity contribution in [2.24, 2.45) is 4.99 Å². The van der Waals surface area contributed by atoms with Gasteiger partial charge in [-0.1, -0.05) is 66.4 Å². The predicted molar refractivity (Wildman–Crippen MR) is 120 cm³/mol. The first-order valence-corrected chi connectivity index (χ1v) is 11.3. The van der Waals surface area contributed by atoms with Gasteiger partial charge in [0, 0.05) is 14.1 Å². The van der Waals surface area contributed by atoms with Crippen LogP contribution in [0.4, 0.5) is 13.2 Å². The number of alkyl halides is 3. The maximum Gasteiger partial charge on any atom is 0.417 e. The van der Waals surface area contributed by atoms with Crippen LogP contribution in [0.15, 0.2) is 59.6 Å². The van der Waals surface area contributed by atoms with Gasteiger partial charge in [-0.3, -0.25) is 4.99 Å². The zero-order chi connectivity index (χ0) is 23.8. The Morgan fingerprint density at radius 3 is 2.27 bits per heavy atom. The Labute approximate surface area is 194 Å². The number of fused-ring (bicyclic) bond motifs is 1. The van der Waals surface area contributed by atoms with Crippen molar-refractivity contribution < 1.29 is 32.9 Å². The first-order valence-electron chi connectivity index (χ1n) is 10.4. The third-order valence-corrected chi connectivity index (χ3v) is 6.89. The van der Waals surface area contributed by atoms with Gasteiger partial charge in [0.25, 0.3) is 0 Å². The highest BCUT2D eigenvalue weighted by atomic mass is 32.2. The minimum Gasteiger partial charge on any atom is -0.388 e. The molecule has 0 aromatic heterocycles. The van der Waals surface area contributed by atoms with Crippen molar-refractivity contribution >= 4 is 16.9 Å². The topological polar surface area (TPSA) is 74.5 Å². The van der Waals surface area contributed by atoms with Crippen LogP contribution in [0.25, 0.3) is 11.1 Å². The summed E-state index contributed by atoms with van der Waals surface area (Å²) in [4.78, 5) is 5.95. The summed E-state index contributed by atoms with van der Waals surface area (Å²) in [6, 6.07) is 15.8. The van der Waals surface area contributed by atoms with E-state index in [4.69, 9.17) is 9.47 Å². The molecule has 0 amide bonds. The summed E-state index contributed by atoms with van der Waals surface area (Å²) in [5.41, 5.74) is 1.63. The van der Waals surface area contributed by atoms with Gasteiger partial charge in [0.05, 0.1) is 6.61 Å². The molecule has 0 radical (unpaired) electrons. The van der Waals surface area contributed by atoms with E-state index >= 15 is 0 Å². The molecule has 4 rings (SSSR count). The van der Waals surface area contributed by atoms with E-state index in [1.54, 1.807) is 31.1 Å². The number of hydrogen-bond donors (Lipinski definition) is 2. The minimum atomic E-state index is -4.81. The SMILES string of the molecule is CN(C)C1=N[C@@H]2[C@@H](O)[C@H](O)C([C@@H](OCc3ccc(-c4ccccc4)cc3)C(F)(F)F)O[C@@H]2S1. The number of halogens is 3. The fourth-order valence-electron chi connectivity index (χ4n) is 3.83. The van der Waals surface area contributed by atoms with Gasteiger partial charge in [-0.2, -0.15) is 13.2 Å². The molecule has 2 aromatic carbocycles. The number of aliphatic hydroxyl groups is 2. The molecule has 6 nitrogen and oxygen atoms in total. The molecule has 33 heavy (non-hydrogen) atoms. The van der Waals surface area contributed by atoms with Gasteiger partial charge in [-0.15, -0.1) is 0 Å². The molecule has 2 aliphatic heterocycles. The number of rotatable bonds is 5. The molecule has 1 unspecified atom stereocenters. The number of benzene rings is 2. The van der Waals surface area contributed by atoms with E-state index in [-0.39, 0.29) is 6.61 Å². The third-order valence-electron chi connectivity index (χ3n) is 5.58. The summed E-state index contributed by atoms with van der Waals surface area (Å²) in [7, 11) is 3.46. The molecule has 2 N–H and O–H groups in total.